The maximum Gasteiger partial charge on any atom is 0.337 e. The highest BCUT2D eigenvalue weighted by Gasteiger charge is 2.37. The molecule has 0 saturated heterocycles. The molecule has 8 nitrogen and oxygen atoms in total. The van der Waals surface area contributed by atoms with Crippen molar-refractivity contribution in [2.24, 2.45) is 5.92 Å². The smallest absolute Gasteiger partial charge is 0.337 e. The Kier molecular flexibility index (Phi) is 8.93. The first kappa shape index (κ1) is 24.3. The number of aliphatic carboxylic acids is 1. The van der Waals surface area contributed by atoms with E-state index in [9.17, 15) is 23.1 Å². The van der Waals surface area contributed by atoms with Gasteiger partial charge in [-0.05, 0) is 36.6 Å². The zero-order valence-corrected chi connectivity index (χ0v) is 17.7. The van der Waals surface area contributed by atoms with Gasteiger partial charge in [-0.2, -0.15) is 4.31 Å². The number of carbonyl (C=O) groups excluding carboxylic acids is 1. The molecule has 0 unspecified atom stereocenters. The first-order valence-electron chi connectivity index (χ1n) is 8.79. The van der Waals surface area contributed by atoms with E-state index >= 15 is 0 Å². The van der Waals surface area contributed by atoms with E-state index in [-0.39, 0.29) is 17.0 Å². The van der Waals surface area contributed by atoms with Gasteiger partial charge in [0.1, 0.15) is 6.04 Å². The van der Waals surface area contributed by atoms with E-state index in [1.807, 2.05) is 0 Å². The lowest BCUT2D eigenvalue weighted by Gasteiger charge is -2.30. The molecule has 1 heterocycles. The molecule has 1 atom stereocenters. The molecule has 0 aliphatic rings. The molecule has 158 valence electrons. The minimum Gasteiger partial charge on any atom is -0.480 e. The van der Waals surface area contributed by atoms with Crippen LogP contribution in [0.15, 0.2) is 59.8 Å². The average molecular weight is 423 g/mol. The van der Waals surface area contributed by atoms with E-state index in [1.54, 1.807) is 32.2 Å². The van der Waals surface area contributed by atoms with Gasteiger partial charge in [0.15, 0.2) is 0 Å². The standard InChI is InChI=1S/C20H26N2O6S/c1-6-17(20(25)28-5)10-9-15(4)29(26,27)22(18(14(2)3)19(23)24)13-16-8-7-11-21-12-16/h6-12,14,18H,1,13H2,2-5H3,(H,23,24)/b15-9+,17-10+/t18-/m1/s1. The molecule has 0 aromatic carbocycles. The largest absolute Gasteiger partial charge is 0.480 e. The second kappa shape index (κ2) is 10.7. The summed E-state index contributed by atoms with van der Waals surface area (Å²) in [4.78, 5) is 27.3. The number of nitrogens with zero attached hydrogens (tertiary/aromatic N) is 2. The van der Waals surface area contributed by atoms with Gasteiger partial charge >= 0.3 is 11.9 Å². The number of carbonyl (C=O) groups is 2. The number of rotatable bonds is 10. The highest BCUT2D eigenvalue weighted by molar-refractivity contribution is 7.93. The Labute approximate surface area is 171 Å². The third-order valence-electron chi connectivity index (χ3n) is 4.11. The lowest BCUT2D eigenvalue weighted by Crippen LogP contribution is -2.47. The predicted molar refractivity (Wildman–Crippen MR) is 109 cm³/mol. The van der Waals surface area contributed by atoms with Gasteiger partial charge < -0.3 is 9.84 Å². The molecule has 0 aliphatic carbocycles. The van der Waals surface area contributed by atoms with Crippen molar-refractivity contribution in [2.45, 2.75) is 33.4 Å². The molecule has 1 rings (SSSR count). The van der Waals surface area contributed by atoms with Crippen LogP contribution in [-0.4, -0.2) is 47.9 Å². The lowest BCUT2D eigenvalue weighted by molar-refractivity contribution is -0.143. The summed E-state index contributed by atoms with van der Waals surface area (Å²) >= 11 is 0. The fourth-order valence-electron chi connectivity index (χ4n) is 2.56. The average Bonchev–Trinajstić information content (AvgIpc) is 2.67. The number of carboxylic acid groups (broad SMARTS) is 1. The predicted octanol–water partition coefficient (Wildman–Crippen LogP) is 2.51. The van der Waals surface area contributed by atoms with Gasteiger partial charge in [0.05, 0.1) is 17.6 Å². The van der Waals surface area contributed by atoms with Gasteiger partial charge in [-0.3, -0.25) is 9.78 Å². The van der Waals surface area contributed by atoms with Gasteiger partial charge in [0, 0.05) is 18.9 Å². The summed E-state index contributed by atoms with van der Waals surface area (Å²) in [6.45, 7) is 7.94. The van der Waals surface area contributed by atoms with Crippen LogP contribution in [0, 0.1) is 5.92 Å². The number of pyridine rings is 1. The quantitative estimate of drug-likeness (QED) is 0.350. The summed E-state index contributed by atoms with van der Waals surface area (Å²) in [6, 6.07) is 2.02. The summed E-state index contributed by atoms with van der Waals surface area (Å²) < 4.78 is 32.0. The Bertz CT molecular complexity index is 904. The first-order chi connectivity index (χ1) is 13.6. The summed E-state index contributed by atoms with van der Waals surface area (Å²) in [6.07, 6.45) is 6.74. The molecule has 0 amide bonds. The Morgan fingerprint density at radius 3 is 2.45 bits per heavy atom. The van der Waals surface area contributed by atoms with Gasteiger partial charge in [0.25, 0.3) is 0 Å². The monoisotopic (exact) mass is 422 g/mol. The molecule has 0 radical (unpaired) electrons. The van der Waals surface area contributed by atoms with Gasteiger partial charge in [0.2, 0.25) is 10.0 Å². The molecule has 0 fully saturated rings. The van der Waals surface area contributed by atoms with Crippen LogP contribution in [-0.2, 0) is 30.9 Å². The molecule has 0 aliphatic heterocycles. The number of hydrogen-bond donors (Lipinski definition) is 1. The van der Waals surface area contributed by atoms with E-state index in [4.69, 9.17) is 0 Å². The van der Waals surface area contributed by atoms with E-state index in [1.165, 1.54) is 38.5 Å². The number of aromatic nitrogens is 1. The molecule has 1 aromatic rings. The highest BCUT2D eigenvalue weighted by atomic mass is 32.2. The van der Waals surface area contributed by atoms with Crippen LogP contribution >= 0.6 is 0 Å². The molecule has 1 N–H and O–H groups in total. The molecule has 0 spiro atoms. The molecule has 29 heavy (non-hydrogen) atoms. The summed E-state index contributed by atoms with van der Waals surface area (Å²) in [5.74, 6) is -2.41. The van der Waals surface area contributed by atoms with Gasteiger partial charge in [-0.1, -0.05) is 32.6 Å². The maximum atomic E-state index is 13.2. The third-order valence-corrected chi connectivity index (χ3v) is 6.03. The number of sulfonamides is 1. The van der Waals surface area contributed by atoms with E-state index in [0.29, 0.717) is 5.56 Å². The lowest BCUT2D eigenvalue weighted by atomic mass is 10.0. The van der Waals surface area contributed by atoms with Crippen LogP contribution in [0.3, 0.4) is 0 Å². The van der Waals surface area contributed by atoms with Gasteiger partial charge in [-0.15, -0.1) is 0 Å². The number of methoxy groups -OCH3 is 1. The zero-order chi connectivity index (χ0) is 22.2. The first-order valence-corrected chi connectivity index (χ1v) is 10.2. The van der Waals surface area contributed by atoms with Crippen LogP contribution in [0.25, 0.3) is 0 Å². The van der Waals surface area contributed by atoms with Crippen molar-refractivity contribution in [1.29, 1.82) is 0 Å². The molecular formula is C20H26N2O6S. The van der Waals surface area contributed by atoms with Crippen molar-refractivity contribution >= 4 is 22.0 Å². The number of allylic oxidation sites excluding steroid dienone is 3. The molecular weight excluding hydrogens is 396 g/mol. The maximum absolute atomic E-state index is 13.2. The number of hydrogen-bond acceptors (Lipinski definition) is 6. The summed E-state index contributed by atoms with van der Waals surface area (Å²) in [5, 5.41) is 9.67. The molecule has 0 saturated carbocycles. The molecule has 1 aromatic heterocycles. The van der Waals surface area contributed by atoms with Crippen LogP contribution in [0.4, 0.5) is 0 Å². The summed E-state index contributed by atoms with van der Waals surface area (Å²) in [5.41, 5.74) is 0.618. The van der Waals surface area contributed by atoms with Gasteiger partial charge in [-0.25, -0.2) is 13.2 Å². The molecule has 9 heteroatoms. The Morgan fingerprint density at radius 2 is 2.00 bits per heavy atom. The Balaban J connectivity index is 3.46. The third kappa shape index (κ3) is 6.37. The summed E-state index contributed by atoms with van der Waals surface area (Å²) in [7, 11) is -2.97. The van der Waals surface area contributed by atoms with Crippen molar-refractivity contribution in [3.8, 4) is 0 Å². The number of carboxylic acids is 1. The van der Waals surface area contributed by atoms with Crippen molar-refractivity contribution in [2.75, 3.05) is 7.11 Å². The van der Waals surface area contributed by atoms with Crippen molar-refractivity contribution in [3.05, 3.63) is 65.4 Å². The fourth-order valence-corrected chi connectivity index (χ4v) is 4.12. The van der Waals surface area contributed by atoms with Crippen LogP contribution in [0.2, 0.25) is 0 Å². The highest BCUT2D eigenvalue weighted by Crippen LogP contribution is 2.24. The van der Waals surface area contributed by atoms with Crippen molar-refractivity contribution in [1.82, 2.24) is 9.29 Å². The fraction of sp³-hybridized carbons (Fsp3) is 0.350. The topological polar surface area (TPSA) is 114 Å². The Hall–Kier alpha value is -2.78. The van der Waals surface area contributed by atoms with E-state index in [0.717, 1.165) is 4.31 Å². The van der Waals surface area contributed by atoms with Crippen LogP contribution in [0.1, 0.15) is 26.3 Å². The SMILES string of the molecule is C=C/C(=C\C=C(/C)S(=O)(=O)N(Cc1cccnc1)[C@@H](C(=O)O)C(C)C)C(=O)OC. The molecule has 0 bridgehead atoms. The number of esters is 1. The second-order valence-electron chi connectivity index (χ2n) is 6.53. The Morgan fingerprint density at radius 1 is 1.34 bits per heavy atom. The van der Waals surface area contributed by atoms with Crippen molar-refractivity contribution in [3.63, 3.8) is 0 Å². The number of ether oxygens (including phenoxy) is 1. The van der Waals surface area contributed by atoms with E-state index < -0.39 is 33.9 Å². The van der Waals surface area contributed by atoms with E-state index in [2.05, 4.69) is 16.3 Å². The minimum atomic E-state index is -4.17. The van der Waals surface area contributed by atoms with Crippen LogP contribution < -0.4 is 0 Å². The van der Waals surface area contributed by atoms with Crippen LogP contribution in [0.5, 0.6) is 0 Å². The van der Waals surface area contributed by atoms with Crippen molar-refractivity contribution < 1.29 is 27.9 Å². The normalized spacial score (nSPS) is 14.0. The zero-order valence-electron chi connectivity index (χ0n) is 16.9. The minimum absolute atomic E-state index is 0.0690. The second-order valence-corrected chi connectivity index (χ2v) is 8.60.